The molecule has 7 nitrogen and oxygen atoms in total. The van der Waals surface area contributed by atoms with Gasteiger partial charge in [0.2, 0.25) is 0 Å². The summed E-state index contributed by atoms with van der Waals surface area (Å²) in [6.07, 6.45) is 2.78. The number of rotatable bonds is 5. The number of nitrogens with zero attached hydrogens (tertiary/aromatic N) is 2. The van der Waals surface area contributed by atoms with Crippen LogP contribution in [-0.4, -0.2) is 33.7 Å². The van der Waals surface area contributed by atoms with Crippen LogP contribution in [-0.2, 0) is 0 Å². The standard InChI is InChI=1S/C13H12N4O3S/c1-21-12-14-6-8(7-18)11(17-12)15-9-3-2-4-10(5-9)16-13(19)20/h2-7,16H,1H3,(H,19,20)(H,14,15,17). The van der Waals surface area contributed by atoms with Crippen LogP contribution in [0.15, 0.2) is 35.6 Å². The molecular formula is C13H12N4O3S. The Morgan fingerprint density at radius 3 is 2.81 bits per heavy atom. The van der Waals surface area contributed by atoms with E-state index in [1.165, 1.54) is 18.0 Å². The summed E-state index contributed by atoms with van der Waals surface area (Å²) < 4.78 is 0. The van der Waals surface area contributed by atoms with Gasteiger partial charge in [-0.1, -0.05) is 17.8 Å². The maximum atomic E-state index is 11.0. The van der Waals surface area contributed by atoms with Gasteiger partial charge in [-0.3, -0.25) is 10.1 Å². The molecule has 1 heterocycles. The van der Waals surface area contributed by atoms with E-state index in [1.807, 2.05) is 6.26 Å². The molecule has 0 saturated carbocycles. The first-order valence-electron chi connectivity index (χ1n) is 5.85. The van der Waals surface area contributed by atoms with Crippen molar-refractivity contribution in [3.8, 4) is 0 Å². The fourth-order valence-electron chi connectivity index (χ4n) is 1.59. The van der Waals surface area contributed by atoms with Gasteiger partial charge < -0.3 is 10.4 Å². The predicted molar refractivity (Wildman–Crippen MR) is 80.6 cm³/mol. The van der Waals surface area contributed by atoms with Gasteiger partial charge in [-0.15, -0.1) is 0 Å². The third-order valence-corrected chi connectivity index (χ3v) is 3.04. The molecule has 8 heteroatoms. The van der Waals surface area contributed by atoms with Crippen LogP contribution in [0.5, 0.6) is 0 Å². The molecular weight excluding hydrogens is 292 g/mol. The second-order valence-electron chi connectivity index (χ2n) is 3.91. The molecule has 0 atom stereocenters. The highest BCUT2D eigenvalue weighted by Gasteiger charge is 2.07. The molecule has 0 bridgehead atoms. The maximum absolute atomic E-state index is 11.0. The number of carbonyl (C=O) groups is 2. The quantitative estimate of drug-likeness (QED) is 0.443. The molecule has 0 fully saturated rings. The van der Waals surface area contributed by atoms with Crippen molar-refractivity contribution in [2.45, 2.75) is 5.16 Å². The number of anilines is 3. The average Bonchev–Trinajstić information content (AvgIpc) is 2.47. The fourth-order valence-corrected chi connectivity index (χ4v) is 1.94. The summed E-state index contributed by atoms with van der Waals surface area (Å²) in [5.41, 5.74) is 1.35. The lowest BCUT2D eigenvalue weighted by molar-refractivity contribution is 0.112. The molecule has 21 heavy (non-hydrogen) atoms. The zero-order chi connectivity index (χ0) is 15.2. The van der Waals surface area contributed by atoms with Gasteiger partial charge >= 0.3 is 6.09 Å². The summed E-state index contributed by atoms with van der Waals surface area (Å²) in [5.74, 6) is 0.372. The van der Waals surface area contributed by atoms with Crippen LogP contribution in [0.1, 0.15) is 10.4 Å². The lowest BCUT2D eigenvalue weighted by Crippen LogP contribution is -2.07. The first kappa shape index (κ1) is 14.8. The van der Waals surface area contributed by atoms with Gasteiger partial charge in [-0.2, -0.15) is 0 Å². The van der Waals surface area contributed by atoms with E-state index in [2.05, 4.69) is 20.6 Å². The van der Waals surface area contributed by atoms with E-state index >= 15 is 0 Å². The molecule has 0 saturated heterocycles. The molecule has 0 aliphatic heterocycles. The zero-order valence-corrected chi connectivity index (χ0v) is 11.8. The Balaban J connectivity index is 2.28. The van der Waals surface area contributed by atoms with Gasteiger partial charge in [-0.05, 0) is 24.5 Å². The molecule has 0 aliphatic rings. The highest BCUT2D eigenvalue weighted by atomic mass is 32.2. The minimum atomic E-state index is -1.15. The van der Waals surface area contributed by atoms with Gasteiger partial charge in [0.15, 0.2) is 11.4 Å². The second kappa shape index (κ2) is 6.71. The van der Waals surface area contributed by atoms with Crippen LogP contribution in [0.4, 0.5) is 22.0 Å². The van der Waals surface area contributed by atoms with Crippen molar-refractivity contribution in [3.63, 3.8) is 0 Å². The number of carboxylic acid groups (broad SMARTS) is 1. The lowest BCUT2D eigenvalue weighted by Gasteiger charge is -2.10. The normalized spacial score (nSPS) is 9.95. The van der Waals surface area contributed by atoms with Gasteiger partial charge in [0.1, 0.15) is 5.82 Å². The second-order valence-corrected chi connectivity index (χ2v) is 4.69. The summed E-state index contributed by atoms with van der Waals surface area (Å²) >= 11 is 1.36. The smallest absolute Gasteiger partial charge is 0.409 e. The van der Waals surface area contributed by atoms with Crippen LogP contribution >= 0.6 is 11.8 Å². The molecule has 0 radical (unpaired) electrons. The minimum Gasteiger partial charge on any atom is -0.465 e. The van der Waals surface area contributed by atoms with E-state index in [-0.39, 0.29) is 0 Å². The van der Waals surface area contributed by atoms with E-state index in [0.29, 0.717) is 34.2 Å². The van der Waals surface area contributed by atoms with Crippen LogP contribution in [0.3, 0.4) is 0 Å². The zero-order valence-electron chi connectivity index (χ0n) is 11.0. The molecule has 0 unspecified atom stereocenters. The summed E-state index contributed by atoms with van der Waals surface area (Å²) in [4.78, 5) is 29.9. The van der Waals surface area contributed by atoms with Crippen molar-refractivity contribution in [2.75, 3.05) is 16.9 Å². The predicted octanol–water partition coefficient (Wildman–Crippen LogP) is 2.84. The van der Waals surface area contributed by atoms with Crippen molar-refractivity contribution in [2.24, 2.45) is 0 Å². The van der Waals surface area contributed by atoms with E-state index in [4.69, 9.17) is 5.11 Å². The molecule has 1 aromatic heterocycles. The Labute approximate surface area is 124 Å². The fraction of sp³-hybridized carbons (Fsp3) is 0.0769. The highest BCUT2D eigenvalue weighted by Crippen LogP contribution is 2.22. The maximum Gasteiger partial charge on any atom is 0.409 e. The number of carbonyl (C=O) groups excluding carboxylic acids is 1. The molecule has 2 rings (SSSR count). The number of aromatic nitrogens is 2. The van der Waals surface area contributed by atoms with E-state index in [0.717, 1.165) is 0 Å². The first-order chi connectivity index (χ1) is 10.1. The third-order valence-electron chi connectivity index (χ3n) is 2.48. The summed E-state index contributed by atoms with van der Waals surface area (Å²) in [5, 5.41) is 14.5. The largest absolute Gasteiger partial charge is 0.465 e. The summed E-state index contributed by atoms with van der Waals surface area (Å²) in [6.45, 7) is 0. The Hall–Kier alpha value is -2.61. The summed E-state index contributed by atoms with van der Waals surface area (Å²) in [7, 11) is 0. The number of amides is 1. The molecule has 2 aromatic rings. The SMILES string of the molecule is CSc1ncc(C=O)c(Nc2cccc(NC(=O)O)c2)n1. The molecule has 1 amide bonds. The number of hydrogen-bond donors (Lipinski definition) is 3. The lowest BCUT2D eigenvalue weighted by atomic mass is 10.2. The number of benzene rings is 1. The molecule has 3 N–H and O–H groups in total. The Morgan fingerprint density at radius 1 is 1.38 bits per heavy atom. The van der Waals surface area contributed by atoms with Gasteiger partial charge in [0, 0.05) is 17.6 Å². The van der Waals surface area contributed by atoms with Crippen molar-refractivity contribution in [1.82, 2.24) is 9.97 Å². The van der Waals surface area contributed by atoms with Crippen molar-refractivity contribution in [3.05, 3.63) is 36.0 Å². The third kappa shape index (κ3) is 3.93. The molecule has 108 valence electrons. The molecule has 0 aliphatic carbocycles. The topological polar surface area (TPSA) is 104 Å². The van der Waals surface area contributed by atoms with E-state index < -0.39 is 6.09 Å². The van der Waals surface area contributed by atoms with E-state index in [1.54, 1.807) is 24.3 Å². The van der Waals surface area contributed by atoms with Crippen LogP contribution in [0.2, 0.25) is 0 Å². The average molecular weight is 304 g/mol. The monoisotopic (exact) mass is 304 g/mol. The first-order valence-corrected chi connectivity index (χ1v) is 7.08. The Kier molecular flexibility index (Phi) is 4.72. The number of aldehydes is 1. The number of hydrogen-bond acceptors (Lipinski definition) is 6. The van der Waals surface area contributed by atoms with Crippen molar-refractivity contribution >= 4 is 41.3 Å². The van der Waals surface area contributed by atoms with Gasteiger partial charge in [0.25, 0.3) is 0 Å². The van der Waals surface area contributed by atoms with Gasteiger partial charge in [-0.25, -0.2) is 14.8 Å². The van der Waals surface area contributed by atoms with Crippen molar-refractivity contribution in [1.29, 1.82) is 0 Å². The Bertz CT molecular complexity index is 678. The van der Waals surface area contributed by atoms with E-state index in [9.17, 15) is 9.59 Å². The van der Waals surface area contributed by atoms with Crippen LogP contribution in [0.25, 0.3) is 0 Å². The highest BCUT2D eigenvalue weighted by molar-refractivity contribution is 7.98. The van der Waals surface area contributed by atoms with Crippen LogP contribution < -0.4 is 10.6 Å². The number of nitrogens with one attached hydrogen (secondary N) is 2. The number of thioether (sulfide) groups is 1. The minimum absolute atomic E-state index is 0.324. The molecule has 0 spiro atoms. The van der Waals surface area contributed by atoms with Crippen molar-refractivity contribution < 1.29 is 14.7 Å². The Morgan fingerprint density at radius 2 is 2.14 bits per heavy atom. The molecule has 1 aromatic carbocycles. The summed E-state index contributed by atoms with van der Waals surface area (Å²) in [6, 6.07) is 6.64. The van der Waals surface area contributed by atoms with Gasteiger partial charge in [0.05, 0.1) is 5.56 Å². The van der Waals surface area contributed by atoms with Crippen LogP contribution in [0, 0.1) is 0 Å².